The molecule has 0 atom stereocenters. The molecule has 0 aliphatic rings. The number of hydrogen-bond donors (Lipinski definition) is 2. The van der Waals surface area contributed by atoms with Crippen molar-refractivity contribution in [2.24, 2.45) is 0 Å². The first kappa shape index (κ1) is 25.1. The molecule has 2 heterocycles. The Hall–Kier alpha value is -4.56. The lowest BCUT2D eigenvalue weighted by molar-refractivity contribution is 0.0696. The largest absolute Gasteiger partial charge is 0.478 e. The zero-order valence-corrected chi connectivity index (χ0v) is 20.5. The van der Waals surface area contributed by atoms with Gasteiger partial charge in [-0.15, -0.1) is 0 Å². The maximum Gasteiger partial charge on any atom is 0.335 e. The van der Waals surface area contributed by atoms with Crippen LogP contribution in [0.4, 0.5) is 8.78 Å². The molecule has 2 aromatic heterocycles. The quantitative estimate of drug-likeness (QED) is 0.264. The number of hydrogen-bond acceptors (Lipinski definition) is 3. The zero-order valence-electron chi connectivity index (χ0n) is 19.8. The highest BCUT2D eigenvalue weighted by Crippen LogP contribution is 2.26. The number of carbonyl (C=O) groups is 2. The number of benzene rings is 3. The van der Waals surface area contributed by atoms with Crippen LogP contribution in [0.25, 0.3) is 16.8 Å². The average Bonchev–Trinajstić information content (AvgIpc) is 3.32. The van der Waals surface area contributed by atoms with E-state index >= 15 is 0 Å². The Balaban J connectivity index is 1.53. The van der Waals surface area contributed by atoms with Gasteiger partial charge < -0.3 is 10.4 Å². The van der Waals surface area contributed by atoms with E-state index in [2.05, 4.69) is 10.3 Å². The van der Waals surface area contributed by atoms with Gasteiger partial charge in [0.1, 0.15) is 11.3 Å². The van der Waals surface area contributed by atoms with Crippen LogP contribution in [0.1, 0.15) is 37.7 Å². The third-order valence-electron chi connectivity index (χ3n) is 6.12. The number of carboxylic acid groups (broad SMARTS) is 1. The van der Waals surface area contributed by atoms with Crippen molar-refractivity contribution >= 4 is 29.1 Å². The molecule has 0 spiro atoms. The van der Waals surface area contributed by atoms with Crippen molar-refractivity contribution in [2.75, 3.05) is 0 Å². The van der Waals surface area contributed by atoms with Gasteiger partial charge in [0.15, 0.2) is 11.6 Å². The van der Waals surface area contributed by atoms with Gasteiger partial charge >= 0.3 is 5.97 Å². The predicted octanol–water partition coefficient (Wildman–Crippen LogP) is 6.15. The summed E-state index contributed by atoms with van der Waals surface area (Å²) >= 11 is 6.01. The van der Waals surface area contributed by atoms with Crippen molar-refractivity contribution in [3.63, 3.8) is 0 Å². The molecule has 190 valence electrons. The van der Waals surface area contributed by atoms with Gasteiger partial charge in [-0.05, 0) is 70.8 Å². The number of amides is 1. The molecule has 0 aliphatic carbocycles. The Morgan fingerprint density at radius 3 is 2.26 bits per heavy atom. The summed E-state index contributed by atoms with van der Waals surface area (Å²) in [5.41, 5.74) is 4.18. The molecule has 0 saturated heterocycles. The van der Waals surface area contributed by atoms with Gasteiger partial charge in [0.05, 0.1) is 5.56 Å². The Kier molecular flexibility index (Phi) is 6.89. The number of rotatable bonds is 7. The molecule has 0 bridgehead atoms. The van der Waals surface area contributed by atoms with Crippen molar-refractivity contribution in [1.82, 2.24) is 14.7 Å². The van der Waals surface area contributed by atoms with Crippen molar-refractivity contribution in [2.45, 2.75) is 13.0 Å². The van der Waals surface area contributed by atoms with Crippen LogP contribution in [0.3, 0.4) is 0 Å². The fraction of sp³-hybridized carbons (Fsp3) is 0.0690. The summed E-state index contributed by atoms with van der Waals surface area (Å²) in [5.74, 6) is -3.42. The number of fused-ring (bicyclic) bond motifs is 1. The molecule has 5 rings (SSSR count). The van der Waals surface area contributed by atoms with E-state index in [1.807, 2.05) is 12.1 Å². The fourth-order valence-corrected chi connectivity index (χ4v) is 4.29. The molecular formula is C29H20ClF2N3O3. The monoisotopic (exact) mass is 531 g/mol. The van der Waals surface area contributed by atoms with Crippen LogP contribution in [0.2, 0.25) is 5.02 Å². The number of carbonyl (C=O) groups excluding carboxylic acids is 1. The summed E-state index contributed by atoms with van der Waals surface area (Å²) in [6, 6.07) is 20.4. The second kappa shape index (κ2) is 10.4. The molecule has 3 aromatic carbocycles. The van der Waals surface area contributed by atoms with Crippen molar-refractivity contribution < 1.29 is 23.5 Å². The highest BCUT2D eigenvalue weighted by Gasteiger charge is 2.18. The van der Waals surface area contributed by atoms with Crippen molar-refractivity contribution in [3.05, 3.63) is 130 Å². The van der Waals surface area contributed by atoms with E-state index in [9.17, 15) is 18.4 Å². The maximum atomic E-state index is 14.0. The van der Waals surface area contributed by atoms with Crippen LogP contribution >= 0.6 is 11.6 Å². The van der Waals surface area contributed by atoms with E-state index in [0.29, 0.717) is 33.8 Å². The second-order valence-electron chi connectivity index (χ2n) is 8.69. The number of carboxylic acids is 1. The molecule has 0 unspecified atom stereocenters. The standard InChI is InChI=1S/C29H20ClF2N3O3/c30-22-8-3-17(4-9-22)11-23-16-33-27-14-21(20-7-10-24(31)25(32)12-20)13-26(35(23)27)28(36)34-15-18-1-5-19(6-2-18)29(37)38/h1-10,12-14,16H,11,15H2,(H,34,36)(H,37,38). The number of imidazole rings is 1. The number of aromatic nitrogens is 2. The van der Waals surface area contributed by atoms with E-state index in [-0.39, 0.29) is 17.8 Å². The topological polar surface area (TPSA) is 83.7 Å². The molecule has 5 aromatic rings. The summed E-state index contributed by atoms with van der Waals surface area (Å²) in [4.78, 5) is 29.0. The van der Waals surface area contributed by atoms with Gasteiger partial charge in [0.2, 0.25) is 0 Å². The molecule has 0 radical (unpaired) electrons. The number of halogens is 3. The molecule has 38 heavy (non-hydrogen) atoms. The highest BCUT2D eigenvalue weighted by molar-refractivity contribution is 6.30. The van der Waals surface area contributed by atoms with Crippen molar-refractivity contribution in [1.29, 1.82) is 0 Å². The lowest BCUT2D eigenvalue weighted by Crippen LogP contribution is -2.25. The summed E-state index contributed by atoms with van der Waals surface area (Å²) in [6.07, 6.45) is 2.14. The minimum atomic E-state index is -1.04. The second-order valence-corrected chi connectivity index (χ2v) is 9.13. The first-order valence-electron chi connectivity index (χ1n) is 11.6. The SMILES string of the molecule is O=C(O)c1ccc(CNC(=O)c2cc(-c3ccc(F)c(F)c3)cc3ncc(Cc4ccc(Cl)cc4)n23)cc1. The summed E-state index contributed by atoms with van der Waals surface area (Å²) < 4.78 is 29.2. The molecule has 9 heteroatoms. The summed E-state index contributed by atoms with van der Waals surface area (Å²) in [5, 5.41) is 12.6. The number of nitrogens with zero attached hydrogens (tertiary/aromatic N) is 2. The predicted molar refractivity (Wildman–Crippen MR) is 139 cm³/mol. The van der Waals surface area contributed by atoms with Crippen molar-refractivity contribution in [3.8, 4) is 11.1 Å². The number of nitrogens with one attached hydrogen (secondary N) is 1. The smallest absolute Gasteiger partial charge is 0.335 e. The molecule has 2 N–H and O–H groups in total. The molecule has 0 saturated carbocycles. The Labute approximate surface area is 221 Å². The fourth-order valence-electron chi connectivity index (χ4n) is 4.16. The van der Waals surface area contributed by atoms with Crippen LogP contribution in [0.15, 0.2) is 85.1 Å². The molecule has 0 fully saturated rings. The molecular weight excluding hydrogens is 512 g/mol. The van der Waals surface area contributed by atoms with Gasteiger partial charge in [0.25, 0.3) is 5.91 Å². The van der Waals surface area contributed by atoms with E-state index in [1.165, 1.54) is 18.2 Å². The van der Waals surface area contributed by atoms with Crippen LogP contribution in [-0.4, -0.2) is 26.4 Å². The Bertz CT molecular complexity index is 1670. The lowest BCUT2D eigenvalue weighted by atomic mass is 10.0. The Morgan fingerprint density at radius 2 is 1.58 bits per heavy atom. The lowest BCUT2D eigenvalue weighted by Gasteiger charge is -2.13. The van der Waals surface area contributed by atoms with Gasteiger partial charge in [0, 0.05) is 29.9 Å². The normalized spacial score (nSPS) is 11.0. The van der Waals surface area contributed by atoms with Gasteiger partial charge in [-0.2, -0.15) is 0 Å². The summed E-state index contributed by atoms with van der Waals surface area (Å²) in [7, 11) is 0. The van der Waals surface area contributed by atoms with E-state index in [0.717, 1.165) is 23.4 Å². The third kappa shape index (κ3) is 5.26. The maximum absolute atomic E-state index is 14.0. The van der Waals surface area contributed by atoms with E-state index in [4.69, 9.17) is 16.7 Å². The minimum Gasteiger partial charge on any atom is -0.478 e. The van der Waals surface area contributed by atoms with Crippen LogP contribution < -0.4 is 5.32 Å². The minimum absolute atomic E-state index is 0.145. The Morgan fingerprint density at radius 1 is 0.868 bits per heavy atom. The number of aromatic carboxylic acids is 1. The van der Waals surface area contributed by atoms with Gasteiger partial charge in [-0.1, -0.05) is 41.9 Å². The first-order chi connectivity index (χ1) is 18.3. The van der Waals surface area contributed by atoms with E-state index in [1.54, 1.807) is 47.0 Å². The first-order valence-corrected chi connectivity index (χ1v) is 12.0. The molecule has 6 nitrogen and oxygen atoms in total. The molecule has 0 aliphatic heterocycles. The van der Waals surface area contributed by atoms with Gasteiger partial charge in [-0.25, -0.2) is 18.6 Å². The molecule has 1 amide bonds. The van der Waals surface area contributed by atoms with Gasteiger partial charge in [-0.3, -0.25) is 9.20 Å². The summed E-state index contributed by atoms with van der Waals surface area (Å²) in [6.45, 7) is 0.150. The van der Waals surface area contributed by atoms with E-state index < -0.39 is 23.5 Å². The zero-order chi connectivity index (χ0) is 26.8. The highest BCUT2D eigenvalue weighted by atomic mass is 35.5. The average molecular weight is 532 g/mol. The third-order valence-corrected chi connectivity index (χ3v) is 6.37. The van der Waals surface area contributed by atoms with Crippen LogP contribution in [0.5, 0.6) is 0 Å². The number of pyridine rings is 1. The van der Waals surface area contributed by atoms with Crippen LogP contribution in [0, 0.1) is 11.6 Å². The van der Waals surface area contributed by atoms with Crippen LogP contribution in [-0.2, 0) is 13.0 Å².